The van der Waals surface area contributed by atoms with E-state index >= 15 is 0 Å². The number of fused-ring (bicyclic) bond motifs is 1. The lowest BCUT2D eigenvalue weighted by molar-refractivity contribution is -0.133. The van der Waals surface area contributed by atoms with Crippen molar-refractivity contribution in [2.75, 3.05) is 26.2 Å². The zero-order chi connectivity index (χ0) is 22.9. The molecule has 2 aromatic heterocycles. The van der Waals surface area contributed by atoms with E-state index in [1.807, 2.05) is 30.9 Å². The van der Waals surface area contributed by atoms with Gasteiger partial charge in [0.05, 0.1) is 24.2 Å². The molecule has 0 spiro atoms. The Bertz CT molecular complexity index is 1170. The van der Waals surface area contributed by atoms with Crippen LogP contribution in [0.2, 0.25) is 0 Å². The number of carbonyl (C=O) groups is 2. The second kappa shape index (κ2) is 8.78. The first kappa shape index (κ1) is 21.3. The van der Waals surface area contributed by atoms with Gasteiger partial charge >= 0.3 is 5.97 Å². The highest BCUT2D eigenvalue weighted by Crippen LogP contribution is 2.33. The molecule has 3 aromatic rings. The van der Waals surface area contributed by atoms with Gasteiger partial charge in [-0.25, -0.2) is 4.79 Å². The van der Waals surface area contributed by atoms with Crippen LogP contribution in [0.5, 0.6) is 0 Å². The minimum absolute atomic E-state index is 0.00777. The summed E-state index contributed by atoms with van der Waals surface area (Å²) in [5, 5.41) is 8.03. The molecule has 0 saturated carbocycles. The van der Waals surface area contributed by atoms with E-state index < -0.39 is 6.10 Å². The van der Waals surface area contributed by atoms with Crippen LogP contribution in [-0.2, 0) is 16.1 Å². The molecule has 1 amide bonds. The first-order valence-electron chi connectivity index (χ1n) is 11.1. The number of aromatic nitrogens is 3. The quantitative estimate of drug-likeness (QED) is 0.540. The number of benzene rings is 1. The fourth-order valence-electron chi connectivity index (χ4n) is 4.45. The Labute approximate surface area is 190 Å². The second-order valence-corrected chi connectivity index (χ2v) is 8.41. The number of ether oxygens (including phenoxy) is 1. The molecule has 1 aromatic carbocycles. The van der Waals surface area contributed by atoms with Gasteiger partial charge in [-0.2, -0.15) is 4.98 Å². The topological polar surface area (TPSA) is 115 Å². The number of cyclic esters (lactones) is 1. The van der Waals surface area contributed by atoms with E-state index in [9.17, 15) is 9.59 Å². The summed E-state index contributed by atoms with van der Waals surface area (Å²) in [6, 6.07) is 7.25. The summed E-state index contributed by atoms with van der Waals surface area (Å²) < 4.78 is 16.0. The van der Waals surface area contributed by atoms with Gasteiger partial charge in [0.25, 0.3) is 5.89 Å². The van der Waals surface area contributed by atoms with Crippen molar-refractivity contribution >= 4 is 11.9 Å². The van der Waals surface area contributed by atoms with Crippen molar-refractivity contribution in [3.05, 3.63) is 52.7 Å². The number of hydrogen-bond acceptors (Lipinski definition) is 9. The maximum atomic E-state index is 12.9. The van der Waals surface area contributed by atoms with E-state index in [1.165, 1.54) is 0 Å². The first-order chi connectivity index (χ1) is 16.0. The maximum Gasteiger partial charge on any atom is 0.339 e. The van der Waals surface area contributed by atoms with Gasteiger partial charge in [0, 0.05) is 31.7 Å². The van der Waals surface area contributed by atoms with Crippen LogP contribution in [0.4, 0.5) is 0 Å². The lowest BCUT2D eigenvalue weighted by atomic mass is 10.0. The fourth-order valence-corrected chi connectivity index (χ4v) is 4.45. The van der Waals surface area contributed by atoms with Crippen molar-refractivity contribution in [3.63, 3.8) is 0 Å². The molecule has 10 nitrogen and oxygen atoms in total. The summed E-state index contributed by atoms with van der Waals surface area (Å²) in [7, 11) is 0. The zero-order valence-electron chi connectivity index (χ0n) is 18.6. The van der Waals surface area contributed by atoms with Gasteiger partial charge < -0.3 is 18.7 Å². The van der Waals surface area contributed by atoms with Gasteiger partial charge in [0.2, 0.25) is 5.91 Å². The minimum atomic E-state index is -0.511. The maximum absolute atomic E-state index is 12.9. The Kier molecular flexibility index (Phi) is 5.67. The second-order valence-electron chi connectivity index (χ2n) is 8.41. The van der Waals surface area contributed by atoms with E-state index in [0.29, 0.717) is 54.9 Å². The van der Waals surface area contributed by atoms with E-state index in [0.717, 1.165) is 24.1 Å². The highest BCUT2D eigenvalue weighted by atomic mass is 16.5. The summed E-state index contributed by atoms with van der Waals surface area (Å²) in [5.74, 6) is 1.26. The standard InChI is InChI=1S/C23H25N5O5/c1-14-21(15(2)32-25-14)22-24-19(26-33-22)13-27-8-5-9-28(11-10-27)20(29)12-18-16-6-3-4-7-17(16)23(30)31-18/h3-4,6-7,18H,5,8-13H2,1-2H3. The zero-order valence-corrected chi connectivity index (χ0v) is 18.6. The summed E-state index contributed by atoms with van der Waals surface area (Å²) >= 11 is 0. The molecule has 1 unspecified atom stereocenters. The molecule has 0 N–H and O–H groups in total. The molecule has 2 aliphatic rings. The van der Waals surface area contributed by atoms with Crippen molar-refractivity contribution < 1.29 is 23.4 Å². The van der Waals surface area contributed by atoms with Gasteiger partial charge in [-0.05, 0) is 26.3 Å². The molecule has 0 aliphatic carbocycles. The number of aryl methyl sites for hydroxylation is 2. The summed E-state index contributed by atoms with van der Waals surface area (Å²) in [4.78, 5) is 33.5. The van der Waals surface area contributed by atoms with Gasteiger partial charge in [0.15, 0.2) is 5.82 Å². The lowest BCUT2D eigenvalue weighted by Gasteiger charge is -2.22. The SMILES string of the molecule is Cc1noc(C)c1-c1nc(CN2CCCN(C(=O)CC3OC(=O)c4ccccc43)CC2)no1. The third kappa shape index (κ3) is 4.25. The van der Waals surface area contributed by atoms with E-state index in [1.54, 1.807) is 12.1 Å². The van der Waals surface area contributed by atoms with Crippen LogP contribution in [0.1, 0.15) is 52.1 Å². The van der Waals surface area contributed by atoms with Crippen molar-refractivity contribution in [3.8, 4) is 11.5 Å². The summed E-state index contributed by atoms with van der Waals surface area (Å²) in [5.41, 5.74) is 2.78. The molecule has 4 heterocycles. The van der Waals surface area contributed by atoms with Crippen LogP contribution in [0.15, 0.2) is 33.3 Å². The summed E-state index contributed by atoms with van der Waals surface area (Å²) in [6.07, 6.45) is 0.484. The molecular formula is C23H25N5O5. The number of rotatable bonds is 5. The number of carbonyl (C=O) groups excluding carboxylic acids is 2. The number of amides is 1. The minimum Gasteiger partial charge on any atom is -0.453 e. The monoisotopic (exact) mass is 451 g/mol. The van der Waals surface area contributed by atoms with Crippen molar-refractivity contribution in [2.24, 2.45) is 0 Å². The third-order valence-electron chi connectivity index (χ3n) is 6.16. The molecular weight excluding hydrogens is 426 g/mol. The highest BCUT2D eigenvalue weighted by Gasteiger charge is 2.33. The van der Waals surface area contributed by atoms with Crippen LogP contribution >= 0.6 is 0 Å². The Morgan fingerprint density at radius 2 is 1.94 bits per heavy atom. The van der Waals surface area contributed by atoms with E-state index in [2.05, 4.69) is 20.2 Å². The molecule has 10 heteroatoms. The van der Waals surface area contributed by atoms with E-state index in [4.69, 9.17) is 13.8 Å². The largest absolute Gasteiger partial charge is 0.453 e. The predicted molar refractivity (Wildman–Crippen MR) is 115 cm³/mol. The van der Waals surface area contributed by atoms with E-state index in [-0.39, 0.29) is 18.3 Å². The van der Waals surface area contributed by atoms with Crippen molar-refractivity contribution in [1.29, 1.82) is 0 Å². The Hall–Kier alpha value is -3.53. The van der Waals surface area contributed by atoms with Crippen molar-refractivity contribution in [2.45, 2.75) is 39.3 Å². The summed E-state index contributed by atoms with van der Waals surface area (Å²) in [6.45, 7) is 6.95. The Morgan fingerprint density at radius 1 is 1.09 bits per heavy atom. The molecule has 0 bridgehead atoms. The van der Waals surface area contributed by atoms with Crippen LogP contribution in [0.3, 0.4) is 0 Å². The Balaban J connectivity index is 1.18. The molecule has 33 heavy (non-hydrogen) atoms. The number of hydrogen-bond donors (Lipinski definition) is 0. The fraction of sp³-hybridized carbons (Fsp3) is 0.435. The first-order valence-corrected chi connectivity index (χ1v) is 11.1. The van der Waals surface area contributed by atoms with Crippen molar-refractivity contribution in [1.82, 2.24) is 25.1 Å². The lowest BCUT2D eigenvalue weighted by Crippen LogP contribution is -2.35. The van der Waals surface area contributed by atoms with Gasteiger partial charge in [-0.3, -0.25) is 9.69 Å². The molecule has 1 fully saturated rings. The molecule has 5 rings (SSSR count). The molecule has 0 radical (unpaired) electrons. The van der Waals surface area contributed by atoms with Crippen LogP contribution in [0.25, 0.3) is 11.5 Å². The van der Waals surface area contributed by atoms with Gasteiger partial charge in [0.1, 0.15) is 17.4 Å². The van der Waals surface area contributed by atoms with Crippen LogP contribution < -0.4 is 0 Å². The van der Waals surface area contributed by atoms with Crippen LogP contribution in [0, 0.1) is 13.8 Å². The highest BCUT2D eigenvalue weighted by molar-refractivity contribution is 5.94. The average Bonchev–Trinajstić information content (AvgIpc) is 3.41. The van der Waals surface area contributed by atoms with Gasteiger partial charge in [-0.15, -0.1) is 0 Å². The molecule has 172 valence electrons. The van der Waals surface area contributed by atoms with Crippen LogP contribution in [-0.4, -0.2) is 63.2 Å². The predicted octanol–water partition coefficient (Wildman–Crippen LogP) is 2.68. The molecule has 1 saturated heterocycles. The average molecular weight is 451 g/mol. The van der Waals surface area contributed by atoms with Gasteiger partial charge in [-0.1, -0.05) is 28.5 Å². The number of nitrogens with zero attached hydrogens (tertiary/aromatic N) is 5. The normalized spacial score (nSPS) is 18.8. The smallest absolute Gasteiger partial charge is 0.339 e. The molecule has 2 aliphatic heterocycles. The Morgan fingerprint density at radius 3 is 2.76 bits per heavy atom. The molecule has 1 atom stereocenters. The number of esters is 1. The third-order valence-corrected chi connectivity index (χ3v) is 6.16.